The standard InChI is InChI=1S/C22H27N7O4/c1-22(2,3)16-9-18(23)29(19(24)17-8-15(11-30)33-27-17)26-20(16)32-12-14-7-6-13(10-25-14)21(31)28(4)5/h6-10,23-24,30H,11-12H2,1-5H3. The zero-order valence-electron chi connectivity index (χ0n) is 19.2. The van der Waals surface area contributed by atoms with Gasteiger partial charge in [0.2, 0.25) is 5.88 Å². The minimum atomic E-state index is -0.382. The normalized spacial score (nSPS) is 11.3. The molecule has 0 aromatic carbocycles. The average molecular weight is 454 g/mol. The molecule has 0 aliphatic rings. The Labute approximate surface area is 190 Å². The summed E-state index contributed by atoms with van der Waals surface area (Å²) >= 11 is 0. The van der Waals surface area contributed by atoms with Crippen LogP contribution in [-0.4, -0.2) is 55.8 Å². The Morgan fingerprint density at radius 3 is 2.55 bits per heavy atom. The van der Waals surface area contributed by atoms with Crippen LogP contribution in [0.5, 0.6) is 5.88 Å². The Morgan fingerprint density at radius 2 is 2.00 bits per heavy atom. The number of hydrogen-bond donors (Lipinski definition) is 3. The van der Waals surface area contributed by atoms with Crippen molar-refractivity contribution in [2.24, 2.45) is 0 Å². The third-order valence-electron chi connectivity index (χ3n) is 4.74. The number of ether oxygens (including phenoxy) is 1. The summed E-state index contributed by atoms with van der Waals surface area (Å²) in [7, 11) is 3.34. The highest BCUT2D eigenvalue weighted by atomic mass is 16.5. The summed E-state index contributed by atoms with van der Waals surface area (Å²) < 4.78 is 12.0. The van der Waals surface area contributed by atoms with Crippen LogP contribution in [0.15, 0.2) is 35.0 Å². The van der Waals surface area contributed by atoms with Crippen LogP contribution in [0.2, 0.25) is 0 Å². The first-order valence-corrected chi connectivity index (χ1v) is 10.2. The number of nitrogens with one attached hydrogen (secondary N) is 2. The number of carbonyl (C=O) groups excluding carboxylic acids is 1. The molecule has 0 fully saturated rings. The number of hydrogen-bond acceptors (Lipinski definition) is 9. The number of pyridine rings is 1. The largest absolute Gasteiger partial charge is 0.470 e. The molecule has 3 rings (SSSR count). The van der Waals surface area contributed by atoms with Crippen molar-refractivity contribution in [3.8, 4) is 5.88 Å². The lowest BCUT2D eigenvalue weighted by Gasteiger charge is -2.22. The molecular weight excluding hydrogens is 426 g/mol. The maximum Gasteiger partial charge on any atom is 0.254 e. The zero-order chi connectivity index (χ0) is 24.3. The lowest BCUT2D eigenvalue weighted by Crippen LogP contribution is -2.32. The molecule has 33 heavy (non-hydrogen) atoms. The van der Waals surface area contributed by atoms with Crippen LogP contribution in [0.25, 0.3) is 0 Å². The molecule has 0 saturated heterocycles. The molecule has 174 valence electrons. The van der Waals surface area contributed by atoms with Crippen molar-refractivity contribution < 1.29 is 19.2 Å². The third kappa shape index (κ3) is 5.32. The summed E-state index contributed by atoms with van der Waals surface area (Å²) in [5.74, 6) is 0.101. The number of aliphatic hydroxyl groups excluding tert-OH is 1. The summed E-state index contributed by atoms with van der Waals surface area (Å²) in [5, 5.41) is 34.1. The van der Waals surface area contributed by atoms with Crippen LogP contribution in [0.4, 0.5) is 0 Å². The van der Waals surface area contributed by atoms with Crippen molar-refractivity contribution >= 4 is 11.7 Å². The molecule has 3 aromatic rings. The van der Waals surface area contributed by atoms with E-state index in [0.717, 1.165) is 4.68 Å². The number of nitrogens with zero attached hydrogens (tertiary/aromatic N) is 5. The number of aliphatic hydroxyl groups is 1. The van der Waals surface area contributed by atoms with Crippen LogP contribution in [-0.2, 0) is 18.6 Å². The molecule has 1 amide bonds. The van der Waals surface area contributed by atoms with Gasteiger partial charge in [-0.15, -0.1) is 5.10 Å². The van der Waals surface area contributed by atoms with Crippen molar-refractivity contribution in [3.63, 3.8) is 0 Å². The van der Waals surface area contributed by atoms with E-state index in [2.05, 4.69) is 15.2 Å². The van der Waals surface area contributed by atoms with E-state index >= 15 is 0 Å². The quantitative estimate of drug-likeness (QED) is 0.379. The van der Waals surface area contributed by atoms with Gasteiger partial charge in [0.05, 0.1) is 11.3 Å². The molecule has 0 aliphatic heterocycles. The highest BCUT2D eigenvalue weighted by molar-refractivity contribution is 5.95. The average Bonchev–Trinajstić information content (AvgIpc) is 3.26. The van der Waals surface area contributed by atoms with Gasteiger partial charge in [-0.3, -0.25) is 20.6 Å². The zero-order valence-corrected chi connectivity index (χ0v) is 19.2. The Hall–Kier alpha value is -3.86. The topological polar surface area (TPSA) is 154 Å². The lowest BCUT2D eigenvalue weighted by atomic mass is 9.88. The molecule has 0 aliphatic carbocycles. The fraction of sp³-hybridized carbons (Fsp3) is 0.364. The molecule has 0 saturated carbocycles. The molecule has 11 nitrogen and oxygen atoms in total. The Morgan fingerprint density at radius 1 is 1.27 bits per heavy atom. The molecule has 3 heterocycles. The Balaban J connectivity index is 1.91. The molecule has 0 bridgehead atoms. The second-order valence-electron chi connectivity index (χ2n) is 8.62. The molecule has 11 heteroatoms. The van der Waals surface area contributed by atoms with E-state index in [-0.39, 0.29) is 53.2 Å². The van der Waals surface area contributed by atoms with Crippen molar-refractivity contribution in [1.82, 2.24) is 24.8 Å². The minimum Gasteiger partial charge on any atom is -0.470 e. The van der Waals surface area contributed by atoms with Gasteiger partial charge in [-0.2, -0.15) is 4.68 Å². The Bertz CT molecular complexity index is 1220. The van der Waals surface area contributed by atoms with Gasteiger partial charge in [-0.1, -0.05) is 25.9 Å². The van der Waals surface area contributed by atoms with Crippen LogP contribution in [0, 0.1) is 10.8 Å². The van der Waals surface area contributed by atoms with Crippen LogP contribution in [0.3, 0.4) is 0 Å². The molecule has 3 aromatic heterocycles. The van der Waals surface area contributed by atoms with E-state index in [9.17, 15) is 4.79 Å². The van der Waals surface area contributed by atoms with E-state index < -0.39 is 0 Å². The van der Waals surface area contributed by atoms with Gasteiger partial charge in [-0.25, -0.2) is 0 Å². The van der Waals surface area contributed by atoms with Crippen molar-refractivity contribution in [2.45, 2.75) is 39.4 Å². The van der Waals surface area contributed by atoms with Crippen LogP contribution in [0.1, 0.15) is 53.8 Å². The van der Waals surface area contributed by atoms with Crippen LogP contribution < -0.4 is 10.2 Å². The van der Waals surface area contributed by atoms with E-state index in [1.807, 2.05) is 20.8 Å². The highest BCUT2D eigenvalue weighted by Gasteiger charge is 2.24. The van der Waals surface area contributed by atoms with Gasteiger partial charge >= 0.3 is 0 Å². The van der Waals surface area contributed by atoms with Gasteiger partial charge in [0.25, 0.3) is 5.91 Å². The number of carbonyl (C=O) groups is 1. The van der Waals surface area contributed by atoms with Crippen LogP contribution >= 0.6 is 0 Å². The van der Waals surface area contributed by atoms with E-state index in [4.69, 9.17) is 25.2 Å². The summed E-state index contributed by atoms with van der Waals surface area (Å²) in [6.07, 6.45) is 1.49. The first-order chi connectivity index (χ1) is 15.5. The first-order valence-electron chi connectivity index (χ1n) is 10.2. The number of amides is 1. The lowest BCUT2D eigenvalue weighted by molar-refractivity contribution is 0.0827. The summed E-state index contributed by atoms with van der Waals surface area (Å²) in [4.78, 5) is 17.8. The monoisotopic (exact) mass is 453 g/mol. The number of rotatable bonds is 6. The van der Waals surface area contributed by atoms with Crippen molar-refractivity contribution in [1.29, 1.82) is 10.8 Å². The maximum atomic E-state index is 12.0. The fourth-order valence-electron chi connectivity index (χ4n) is 2.92. The Kier molecular flexibility index (Phi) is 6.73. The predicted molar refractivity (Wildman–Crippen MR) is 118 cm³/mol. The fourth-order valence-corrected chi connectivity index (χ4v) is 2.92. The summed E-state index contributed by atoms with van der Waals surface area (Å²) in [5.41, 5.74) is 1.46. The van der Waals surface area contributed by atoms with Gasteiger partial charge in [0, 0.05) is 31.9 Å². The van der Waals surface area contributed by atoms with E-state index in [1.54, 1.807) is 32.3 Å². The maximum absolute atomic E-state index is 12.0. The predicted octanol–water partition coefficient (Wildman–Crippen LogP) is 1.69. The summed E-state index contributed by atoms with van der Waals surface area (Å²) in [6, 6.07) is 6.39. The molecule has 3 N–H and O–H groups in total. The van der Waals surface area contributed by atoms with Gasteiger partial charge in [-0.05, 0) is 23.6 Å². The second kappa shape index (κ2) is 9.33. The number of aromatic nitrogens is 4. The molecule has 0 unspecified atom stereocenters. The van der Waals surface area contributed by atoms with Gasteiger partial charge < -0.3 is 19.3 Å². The SMILES string of the molecule is CN(C)C(=O)c1ccc(COc2nn(C(=N)c3cc(CO)on3)c(=N)cc2C(C)(C)C)nc1. The first kappa shape index (κ1) is 23.8. The minimum absolute atomic E-state index is 0.0319. The van der Waals surface area contributed by atoms with Gasteiger partial charge in [0.1, 0.15) is 18.7 Å². The molecular formula is C22H27N7O4. The van der Waals surface area contributed by atoms with Crippen molar-refractivity contribution in [3.05, 3.63) is 64.2 Å². The molecule has 0 atom stereocenters. The van der Waals surface area contributed by atoms with Gasteiger partial charge in [0.15, 0.2) is 17.3 Å². The summed E-state index contributed by atoms with van der Waals surface area (Å²) in [6.45, 7) is 5.64. The third-order valence-corrected chi connectivity index (χ3v) is 4.74. The second-order valence-corrected chi connectivity index (χ2v) is 8.62. The molecule has 0 spiro atoms. The smallest absolute Gasteiger partial charge is 0.254 e. The van der Waals surface area contributed by atoms with E-state index in [0.29, 0.717) is 16.8 Å². The molecule has 0 radical (unpaired) electrons. The highest BCUT2D eigenvalue weighted by Crippen LogP contribution is 2.28. The van der Waals surface area contributed by atoms with E-state index in [1.165, 1.54) is 17.2 Å². The van der Waals surface area contributed by atoms with Crippen molar-refractivity contribution in [2.75, 3.05) is 14.1 Å².